The number of rotatable bonds is 5. The minimum atomic E-state index is -1.05. The van der Waals surface area contributed by atoms with Crippen molar-refractivity contribution in [1.29, 1.82) is 0 Å². The van der Waals surface area contributed by atoms with E-state index in [0.29, 0.717) is 13.2 Å². The highest BCUT2D eigenvalue weighted by molar-refractivity contribution is 5.82. The zero-order valence-corrected chi connectivity index (χ0v) is 11.6. The molecule has 0 unspecified atom stereocenters. The molecule has 0 aromatic heterocycles. The van der Waals surface area contributed by atoms with E-state index in [-0.39, 0.29) is 25.2 Å². The van der Waals surface area contributed by atoms with Gasteiger partial charge in [-0.05, 0) is 19.8 Å². The fraction of sp³-hybridized carbons (Fsp3) is 0.846. The Kier molecular flexibility index (Phi) is 5.33. The van der Waals surface area contributed by atoms with E-state index < -0.39 is 18.2 Å². The van der Waals surface area contributed by atoms with Gasteiger partial charge in [0.05, 0.1) is 25.9 Å². The molecule has 3 atom stereocenters. The zero-order valence-electron chi connectivity index (χ0n) is 11.6. The molecule has 0 aliphatic carbocycles. The largest absolute Gasteiger partial charge is 0.479 e. The molecular weight excluding hydrogens is 266 g/mol. The summed E-state index contributed by atoms with van der Waals surface area (Å²) in [5.74, 6) is -1.24. The normalized spacial score (nSPS) is 28.4. The van der Waals surface area contributed by atoms with E-state index >= 15 is 0 Å². The molecule has 7 nitrogen and oxygen atoms in total. The van der Waals surface area contributed by atoms with E-state index in [9.17, 15) is 9.59 Å². The van der Waals surface area contributed by atoms with E-state index in [4.69, 9.17) is 19.3 Å². The smallest absolute Gasteiger partial charge is 0.334 e. The zero-order chi connectivity index (χ0) is 14.5. The van der Waals surface area contributed by atoms with Gasteiger partial charge in [0.15, 0.2) is 6.10 Å². The van der Waals surface area contributed by atoms with Gasteiger partial charge >= 0.3 is 5.97 Å². The van der Waals surface area contributed by atoms with Crippen LogP contribution < -0.4 is 0 Å². The van der Waals surface area contributed by atoms with Crippen molar-refractivity contribution in [3.8, 4) is 0 Å². The molecule has 0 aromatic rings. The van der Waals surface area contributed by atoms with Gasteiger partial charge in [0.1, 0.15) is 6.10 Å². The number of nitrogens with zero attached hydrogens (tertiary/aromatic N) is 1. The van der Waals surface area contributed by atoms with Crippen LogP contribution in [-0.4, -0.2) is 73.1 Å². The molecular formula is C13H21NO6. The number of carboxylic acids is 1. The summed E-state index contributed by atoms with van der Waals surface area (Å²) in [7, 11) is 0. The lowest BCUT2D eigenvalue weighted by molar-refractivity contribution is -0.163. The molecule has 0 saturated carbocycles. The molecule has 2 aliphatic heterocycles. The van der Waals surface area contributed by atoms with Crippen molar-refractivity contribution in [2.24, 2.45) is 0 Å². The van der Waals surface area contributed by atoms with Crippen LogP contribution in [0, 0.1) is 0 Å². The summed E-state index contributed by atoms with van der Waals surface area (Å²) in [5.41, 5.74) is 0. The number of hydrogen-bond donors (Lipinski definition) is 1. The van der Waals surface area contributed by atoms with Gasteiger partial charge in [0, 0.05) is 13.2 Å². The highest BCUT2D eigenvalue weighted by atomic mass is 16.5. The number of hydrogen-bond acceptors (Lipinski definition) is 5. The second-order valence-electron chi connectivity index (χ2n) is 5.09. The van der Waals surface area contributed by atoms with E-state index in [1.165, 1.54) is 4.90 Å². The molecule has 0 spiro atoms. The summed E-state index contributed by atoms with van der Waals surface area (Å²) >= 11 is 0. The van der Waals surface area contributed by atoms with Crippen LogP contribution in [0.15, 0.2) is 0 Å². The molecule has 2 saturated heterocycles. The van der Waals surface area contributed by atoms with Crippen molar-refractivity contribution in [3.05, 3.63) is 0 Å². The van der Waals surface area contributed by atoms with Crippen molar-refractivity contribution >= 4 is 11.9 Å². The van der Waals surface area contributed by atoms with Gasteiger partial charge in [-0.3, -0.25) is 4.79 Å². The van der Waals surface area contributed by atoms with Crippen LogP contribution in [0.3, 0.4) is 0 Å². The number of carbonyl (C=O) groups is 2. The van der Waals surface area contributed by atoms with Gasteiger partial charge in [-0.2, -0.15) is 0 Å². The fourth-order valence-electron chi connectivity index (χ4n) is 2.35. The third-order valence-corrected chi connectivity index (χ3v) is 3.56. The highest BCUT2D eigenvalue weighted by Gasteiger charge is 2.31. The second kappa shape index (κ2) is 7.01. The predicted molar refractivity (Wildman–Crippen MR) is 68.3 cm³/mol. The molecule has 0 bridgehead atoms. The van der Waals surface area contributed by atoms with E-state index in [1.54, 1.807) is 6.92 Å². The third-order valence-electron chi connectivity index (χ3n) is 3.56. The maximum atomic E-state index is 12.2. The lowest BCUT2D eigenvalue weighted by atomic mass is 10.2. The number of ether oxygens (including phenoxy) is 3. The summed E-state index contributed by atoms with van der Waals surface area (Å²) in [5, 5.41) is 8.91. The quantitative estimate of drug-likeness (QED) is 0.759. The van der Waals surface area contributed by atoms with Gasteiger partial charge in [-0.25, -0.2) is 4.79 Å². The maximum absolute atomic E-state index is 12.2. The topological polar surface area (TPSA) is 85.3 Å². The summed E-state index contributed by atoms with van der Waals surface area (Å²) in [6.45, 7) is 3.54. The Morgan fingerprint density at radius 1 is 1.40 bits per heavy atom. The molecule has 0 radical (unpaired) electrons. The van der Waals surface area contributed by atoms with Gasteiger partial charge < -0.3 is 24.2 Å². The monoisotopic (exact) mass is 287 g/mol. The minimum absolute atomic E-state index is 0.0710. The summed E-state index contributed by atoms with van der Waals surface area (Å²) in [4.78, 5) is 24.6. The van der Waals surface area contributed by atoms with Crippen LogP contribution in [0.4, 0.5) is 0 Å². The van der Waals surface area contributed by atoms with Gasteiger partial charge in [-0.1, -0.05) is 0 Å². The molecule has 1 amide bonds. The van der Waals surface area contributed by atoms with Crippen LogP contribution in [0.5, 0.6) is 0 Å². The minimum Gasteiger partial charge on any atom is -0.479 e. The van der Waals surface area contributed by atoms with E-state index in [2.05, 4.69) is 0 Å². The van der Waals surface area contributed by atoms with E-state index in [1.807, 2.05) is 0 Å². The number of amides is 1. The maximum Gasteiger partial charge on any atom is 0.334 e. The molecule has 0 aromatic carbocycles. The average Bonchev–Trinajstić information content (AvgIpc) is 2.97. The van der Waals surface area contributed by atoms with Crippen molar-refractivity contribution < 1.29 is 28.9 Å². The lowest BCUT2D eigenvalue weighted by Gasteiger charge is -2.32. The first-order chi connectivity index (χ1) is 9.58. The molecule has 2 fully saturated rings. The molecule has 2 heterocycles. The Balaban J connectivity index is 1.78. The van der Waals surface area contributed by atoms with Crippen LogP contribution in [0.2, 0.25) is 0 Å². The molecule has 1 N–H and O–H groups in total. The Morgan fingerprint density at radius 3 is 2.85 bits per heavy atom. The number of morpholine rings is 1. The second-order valence-corrected chi connectivity index (χ2v) is 5.09. The van der Waals surface area contributed by atoms with Crippen LogP contribution in [0.1, 0.15) is 19.8 Å². The third kappa shape index (κ3) is 3.91. The van der Waals surface area contributed by atoms with Crippen molar-refractivity contribution in [1.82, 2.24) is 4.90 Å². The van der Waals surface area contributed by atoms with E-state index in [0.717, 1.165) is 19.4 Å². The molecule has 2 rings (SSSR count). The summed E-state index contributed by atoms with van der Waals surface area (Å²) in [6.07, 6.45) is 0.520. The van der Waals surface area contributed by atoms with Gasteiger partial charge in [-0.15, -0.1) is 0 Å². The lowest BCUT2D eigenvalue weighted by Crippen LogP contribution is -2.51. The predicted octanol–water partition coefficient (Wildman–Crippen LogP) is -0.117. The highest BCUT2D eigenvalue weighted by Crippen LogP contribution is 2.14. The molecule has 2 aliphatic rings. The summed E-state index contributed by atoms with van der Waals surface area (Å²) < 4.78 is 16.0. The first kappa shape index (κ1) is 15.2. The Hall–Kier alpha value is -1.18. The van der Waals surface area contributed by atoms with Crippen LogP contribution >= 0.6 is 0 Å². The van der Waals surface area contributed by atoms with Crippen LogP contribution in [-0.2, 0) is 23.8 Å². The van der Waals surface area contributed by atoms with Crippen molar-refractivity contribution in [2.45, 2.75) is 38.1 Å². The molecule has 7 heteroatoms. The molecule has 114 valence electrons. The number of carboxylic acid groups (broad SMARTS) is 1. The first-order valence-electron chi connectivity index (χ1n) is 6.94. The van der Waals surface area contributed by atoms with Gasteiger partial charge in [0.2, 0.25) is 0 Å². The first-order valence-corrected chi connectivity index (χ1v) is 6.94. The van der Waals surface area contributed by atoms with Crippen LogP contribution in [0.25, 0.3) is 0 Å². The standard InChI is InChI=1S/C13H21NO6/c1-9(20-8-10-3-2-5-18-10)12(15)14-4-6-19-11(7-14)13(16)17/h9-11H,2-8H2,1H3,(H,16,17)/t9-,10+,11-/m0/s1. The SMILES string of the molecule is C[C@H](OC[C@H]1CCCO1)C(=O)N1CCO[C@H](C(=O)O)C1. The number of carbonyl (C=O) groups excluding carboxylic acids is 1. The average molecular weight is 287 g/mol. The van der Waals surface area contributed by atoms with Crippen molar-refractivity contribution in [3.63, 3.8) is 0 Å². The summed E-state index contributed by atoms with van der Waals surface area (Å²) in [6, 6.07) is 0. The Morgan fingerprint density at radius 2 is 2.20 bits per heavy atom. The number of aliphatic carboxylic acids is 1. The Bertz CT molecular complexity index is 355. The fourth-order valence-corrected chi connectivity index (χ4v) is 2.35. The Labute approximate surface area is 117 Å². The molecule has 20 heavy (non-hydrogen) atoms. The van der Waals surface area contributed by atoms with Crippen molar-refractivity contribution in [2.75, 3.05) is 32.9 Å². The van der Waals surface area contributed by atoms with Gasteiger partial charge in [0.25, 0.3) is 5.91 Å².